The van der Waals surface area contributed by atoms with Crippen molar-refractivity contribution in [3.05, 3.63) is 42.6 Å². The highest BCUT2D eigenvalue weighted by Gasteiger charge is 2.68. The van der Waals surface area contributed by atoms with Crippen LogP contribution in [0.1, 0.15) is 37.5 Å². The number of aryl methyl sites for hydroxylation is 1. The van der Waals surface area contributed by atoms with Crippen molar-refractivity contribution in [3.63, 3.8) is 0 Å². The molecule has 33 heavy (non-hydrogen) atoms. The zero-order chi connectivity index (χ0) is 23.2. The van der Waals surface area contributed by atoms with E-state index in [1.54, 1.807) is 10.9 Å². The van der Waals surface area contributed by atoms with E-state index in [1.807, 2.05) is 31.4 Å². The zero-order valence-corrected chi connectivity index (χ0v) is 18.2. The molecule has 1 saturated carbocycles. The van der Waals surface area contributed by atoms with E-state index in [-0.39, 0.29) is 30.5 Å². The first kappa shape index (κ1) is 21.8. The van der Waals surface area contributed by atoms with Crippen LogP contribution < -0.4 is 10.6 Å². The predicted octanol–water partition coefficient (Wildman–Crippen LogP) is 3.53. The Balaban J connectivity index is 1.52. The number of hydrogen-bond donors (Lipinski definition) is 2. The van der Waals surface area contributed by atoms with Crippen LogP contribution in [0.15, 0.2) is 36.8 Å². The minimum Gasteiger partial charge on any atom is -0.345 e. The van der Waals surface area contributed by atoms with E-state index in [1.165, 1.54) is 6.20 Å². The molecule has 1 unspecified atom stereocenters. The highest BCUT2D eigenvalue weighted by atomic mass is 19.4. The van der Waals surface area contributed by atoms with Gasteiger partial charge < -0.3 is 10.6 Å². The normalized spacial score (nSPS) is 19.4. The largest absolute Gasteiger partial charge is 0.396 e. The van der Waals surface area contributed by atoms with E-state index in [2.05, 4.69) is 25.7 Å². The molecular weight excluding hydrogens is 433 g/mol. The van der Waals surface area contributed by atoms with Crippen LogP contribution in [0.5, 0.6) is 0 Å². The Bertz CT molecular complexity index is 1180. The van der Waals surface area contributed by atoms with E-state index < -0.39 is 17.6 Å². The molecule has 2 aliphatic rings. The topological polar surface area (TPSA) is 84.7 Å². The summed E-state index contributed by atoms with van der Waals surface area (Å²) in [7, 11) is 1.81. The predicted molar refractivity (Wildman–Crippen MR) is 116 cm³/mol. The fourth-order valence-electron chi connectivity index (χ4n) is 4.59. The lowest BCUT2D eigenvalue weighted by Gasteiger charge is -2.31. The third kappa shape index (κ3) is 4.07. The van der Waals surface area contributed by atoms with Gasteiger partial charge in [0.2, 0.25) is 5.91 Å². The molecule has 174 valence electrons. The molecule has 3 heterocycles. The van der Waals surface area contributed by atoms with E-state index >= 15 is 0 Å². The van der Waals surface area contributed by atoms with Crippen molar-refractivity contribution in [2.75, 3.05) is 13.1 Å². The lowest BCUT2D eigenvalue weighted by molar-refractivity contribution is -0.197. The van der Waals surface area contributed by atoms with Gasteiger partial charge in [-0.15, -0.1) is 0 Å². The van der Waals surface area contributed by atoms with Crippen LogP contribution in [0.25, 0.3) is 22.0 Å². The number of alkyl halides is 3. The molecule has 10 heteroatoms. The van der Waals surface area contributed by atoms with Gasteiger partial charge in [0.25, 0.3) is 0 Å². The summed E-state index contributed by atoms with van der Waals surface area (Å²) >= 11 is 0. The smallest absolute Gasteiger partial charge is 0.345 e. The monoisotopic (exact) mass is 458 g/mol. The fraction of sp³-hybridized carbons (Fsp3) is 0.478. The number of nitrogens with zero attached hydrogens (tertiary/aromatic N) is 4. The molecule has 1 aliphatic carbocycles. The van der Waals surface area contributed by atoms with Crippen LogP contribution in [-0.2, 0) is 11.8 Å². The summed E-state index contributed by atoms with van der Waals surface area (Å²) < 4.78 is 44.0. The molecular formula is C23H25F3N6O. The quantitative estimate of drug-likeness (QED) is 0.611. The molecule has 2 N–H and O–H groups in total. The van der Waals surface area contributed by atoms with Gasteiger partial charge in [-0.1, -0.05) is 12.1 Å². The third-order valence-electron chi connectivity index (χ3n) is 6.80. The summed E-state index contributed by atoms with van der Waals surface area (Å²) in [5.41, 5.74) is 0.238. The first-order chi connectivity index (χ1) is 15.8. The molecule has 2 aromatic heterocycles. The van der Waals surface area contributed by atoms with Crippen molar-refractivity contribution in [1.82, 2.24) is 30.4 Å². The van der Waals surface area contributed by atoms with Crippen molar-refractivity contribution < 1.29 is 18.0 Å². The number of fused-ring (bicyclic) bond motifs is 1. The fourth-order valence-corrected chi connectivity index (χ4v) is 4.59. The van der Waals surface area contributed by atoms with Crippen molar-refractivity contribution in [1.29, 1.82) is 0 Å². The number of amides is 1. The average Bonchev–Trinajstić information content (AvgIpc) is 3.52. The van der Waals surface area contributed by atoms with Gasteiger partial charge in [0.15, 0.2) is 5.82 Å². The van der Waals surface area contributed by atoms with Crippen molar-refractivity contribution in [2.24, 2.45) is 18.4 Å². The molecule has 1 atom stereocenters. The number of benzene rings is 1. The first-order valence-electron chi connectivity index (χ1n) is 11.1. The number of aromatic nitrogens is 4. The molecule has 2 fully saturated rings. The Morgan fingerprint density at radius 2 is 1.97 bits per heavy atom. The van der Waals surface area contributed by atoms with Gasteiger partial charge in [-0.25, -0.2) is 9.97 Å². The standard InChI is InChI=1S/C23H25F3N6O/c1-32-13-17(12-29-32)15-2-3-16-11-28-20(30-18(16)10-15)19(22(6-7-22)23(24,25)26)31-21(33)14-4-8-27-9-5-14/h2-3,10-14,19,27H,4-9H2,1H3,(H,31,33). The Morgan fingerprint density at radius 3 is 2.61 bits per heavy atom. The van der Waals surface area contributed by atoms with Gasteiger partial charge in [0.05, 0.1) is 17.1 Å². The number of piperidine rings is 1. The third-order valence-corrected chi connectivity index (χ3v) is 6.80. The molecule has 0 radical (unpaired) electrons. The number of nitrogens with one attached hydrogen (secondary N) is 2. The second-order valence-electron chi connectivity index (χ2n) is 9.02. The number of rotatable bonds is 5. The van der Waals surface area contributed by atoms with Crippen LogP contribution in [-0.4, -0.2) is 44.9 Å². The number of carbonyl (C=O) groups excluding carboxylic acids is 1. The molecule has 0 spiro atoms. The maximum absolute atomic E-state index is 14.1. The minimum absolute atomic E-state index is 0.00273. The van der Waals surface area contributed by atoms with Gasteiger partial charge in [-0.2, -0.15) is 18.3 Å². The Kier molecular flexibility index (Phi) is 5.35. The molecule has 1 amide bonds. The lowest BCUT2D eigenvalue weighted by atomic mass is 9.91. The lowest BCUT2D eigenvalue weighted by Crippen LogP contribution is -2.46. The highest BCUT2D eigenvalue weighted by Crippen LogP contribution is 2.64. The maximum Gasteiger partial charge on any atom is 0.396 e. The van der Waals surface area contributed by atoms with Crippen LogP contribution >= 0.6 is 0 Å². The summed E-state index contributed by atoms with van der Waals surface area (Å²) in [4.78, 5) is 21.7. The average molecular weight is 458 g/mol. The highest BCUT2D eigenvalue weighted by molar-refractivity contribution is 5.83. The zero-order valence-electron chi connectivity index (χ0n) is 18.2. The van der Waals surface area contributed by atoms with Gasteiger partial charge in [0, 0.05) is 36.3 Å². The summed E-state index contributed by atoms with van der Waals surface area (Å²) in [6.45, 7) is 1.35. The van der Waals surface area contributed by atoms with Gasteiger partial charge >= 0.3 is 6.18 Å². The van der Waals surface area contributed by atoms with Gasteiger partial charge in [-0.05, 0) is 50.4 Å². The Morgan fingerprint density at radius 1 is 1.21 bits per heavy atom. The summed E-state index contributed by atoms with van der Waals surface area (Å²) in [6, 6.07) is 4.24. The molecule has 5 rings (SSSR count). The number of carbonyl (C=O) groups is 1. The number of hydrogen-bond acceptors (Lipinski definition) is 5. The van der Waals surface area contributed by atoms with Crippen LogP contribution in [0.3, 0.4) is 0 Å². The van der Waals surface area contributed by atoms with Crippen molar-refractivity contribution >= 4 is 16.8 Å². The Labute approximate surface area is 188 Å². The van der Waals surface area contributed by atoms with E-state index in [4.69, 9.17) is 0 Å². The first-order valence-corrected chi connectivity index (χ1v) is 11.1. The second-order valence-corrected chi connectivity index (χ2v) is 9.02. The summed E-state index contributed by atoms with van der Waals surface area (Å²) in [6.07, 6.45) is 1.74. The van der Waals surface area contributed by atoms with Gasteiger partial charge in [-0.3, -0.25) is 9.48 Å². The SMILES string of the molecule is Cn1cc(-c2ccc3cnc(C(NC(=O)C4CCNCC4)C4(C(F)(F)F)CC4)nc3c2)cn1. The molecule has 0 bridgehead atoms. The van der Waals surface area contributed by atoms with Crippen LogP contribution in [0.2, 0.25) is 0 Å². The minimum atomic E-state index is -4.46. The maximum atomic E-state index is 14.1. The van der Waals surface area contributed by atoms with E-state index in [9.17, 15) is 18.0 Å². The van der Waals surface area contributed by atoms with Crippen LogP contribution in [0.4, 0.5) is 13.2 Å². The van der Waals surface area contributed by atoms with Crippen molar-refractivity contribution in [2.45, 2.75) is 37.9 Å². The van der Waals surface area contributed by atoms with Crippen molar-refractivity contribution in [3.8, 4) is 11.1 Å². The summed E-state index contributed by atoms with van der Waals surface area (Å²) in [5.74, 6) is -0.664. The number of halogens is 3. The molecule has 7 nitrogen and oxygen atoms in total. The molecule has 1 aliphatic heterocycles. The Hall–Kier alpha value is -3.01. The van der Waals surface area contributed by atoms with Crippen LogP contribution in [0, 0.1) is 11.3 Å². The molecule has 1 saturated heterocycles. The summed E-state index contributed by atoms with van der Waals surface area (Å²) in [5, 5.41) is 10.8. The van der Waals surface area contributed by atoms with E-state index in [0.717, 1.165) is 11.1 Å². The molecule has 3 aromatic rings. The van der Waals surface area contributed by atoms with E-state index in [0.29, 0.717) is 36.8 Å². The van der Waals surface area contributed by atoms with Gasteiger partial charge in [0.1, 0.15) is 6.04 Å². The molecule has 1 aromatic carbocycles. The second kappa shape index (κ2) is 8.09.